The number of hydrogen-bond acceptors (Lipinski definition) is 4. The highest BCUT2D eigenvalue weighted by Gasteiger charge is 1.95. The lowest BCUT2D eigenvalue weighted by molar-refractivity contribution is 0.316. The largest absolute Gasteiger partial charge is 0.409 e. The van der Waals surface area contributed by atoms with Crippen LogP contribution in [0.1, 0.15) is 12.8 Å². The third-order valence-corrected chi connectivity index (χ3v) is 2.90. The molecule has 0 aliphatic heterocycles. The molecule has 0 aliphatic rings. The number of hydrogen-bond donors (Lipinski definition) is 3. The molecule has 5 heteroatoms. The predicted molar refractivity (Wildman–Crippen MR) is 69.4 cm³/mol. The second-order valence-electron chi connectivity index (χ2n) is 3.35. The van der Waals surface area contributed by atoms with E-state index in [2.05, 4.69) is 41.0 Å². The molecule has 0 heterocycles. The summed E-state index contributed by atoms with van der Waals surface area (Å²) in [5.74, 6) is 0.277. The van der Waals surface area contributed by atoms with Crippen LogP contribution >= 0.6 is 11.8 Å². The van der Waals surface area contributed by atoms with Crippen molar-refractivity contribution in [3.8, 4) is 0 Å². The Bertz CT molecular complexity index is 338. The molecule has 0 aliphatic carbocycles. The Balaban J connectivity index is 2.26. The van der Waals surface area contributed by atoms with E-state index in [0.717, 1.165) is 18.7 Å². The average Bonchev–Trinajstić information content (AvgIpc) is 2.35. The van der Waals surface area contributed by atoms with Crippen molar-refractivity contribution in [2.45, 2.75) is 17.7 Å². The number of amidine groups is 1. The van der Waals surface area contributed by atoms with Crippen molar-refractivity contribution in [1.29, 1.82) is 0 Å². The van der Waals surface area contributed by atoms with E-state index in [-0.39, 0.29) is 5.84 Å². The third-order valence-electron chi connectivity index (χ3n) is 2.16. The van der Waals surface area contributed by atoms with Gasteiger partial charge < -0.3 is 16.3 Å². The van der Waals surface area contributed by atoms with Gasteiger partial charge in [0.2, 0.25) is 0 Å². The topological polar surface area (TPSA) is 70.6 Å². The molecule has 1 rings (SSSR count). The van der Waals surface area contributed by atoms with Crippen molar-refractivity contribution in [3.63, 3.8) is 0 Å². The molecule has 1 aromatic carbocycles. The SMILES string of the molecule is CSc1ccc(NCCCC(N)=NO)cc1. The van der Waals surface area contributed by atoms with E-state index in [1.807, 2.05) is 0 Å². The van der Waals surface area contributed by atoms with Gasteiger partial charge in [0.15, 0.2) is 0 Å². The number of anilines is 1. The van der Waals surface area contributed by atoms with Gasteiger partial charge in [-0.2, -0.15) is 0 Å². The second kappa shape index (κ2) is 7.00. The molecule has 0 fully saturated rings. The van der Waals surface area contributed by atoms with Crippen molar-refractivity contribution in [3.05, 3.63) is 24.3 Å². The Labute approximate surface area is 99.9 Å². The summed E-state index contributed by atoms with van der Waals surface area (Å²) in [4.78, 5) is 1.25. The van der Waals surface area contributed by atoms with E-state index < -0.39 is 0 Å². The lowest BCUT2D eigenvalue weighted by atomic mass is 10.2. The molecule has 0 bridgehead atoms. The minimum absolute atomic E-state index is 0.277. The first-order chi connectivity index (χ1) is 7.76. The zero-order valence-corrected chi connectivity index (χ0v) is 10.1. The van der Waals surface area contributed by atoms with Gasteiger partial charge in [-0.1, -0.05) is 5.16 Å². The van der Waals surface area contributed by atoms with Gasteiger partial charge in [-0.25, -0.2) is 0 Å². The molecule has 0 saturated carbocycles. The van der Waals surface area contributed by atoms with Crippen LogP contribution in [-0.4, -0.2) is 23.8 Å². The minimum atomic E-state index is 0.277. The number of oxime groups is 1. The molecular weight excluding hydrogens is 222 g/mol. The highest BCUT2D eigenvalue weighted by atomic mass is 32.2. The minimum Gasteiger partial charge on any atom is -0.409 e. The van der Waals surface area contributed by atoms with Crippen molar-refractivity contribution >= 4 is 23.3 Å². The van der Waals surface area contributed by atoms with Gasteiger partial charge in [0.1, 0.15) is 5.84 Å². The zero-order valence-electron chi connectivity index (χ0n) is 9.31. The molecule has 0 unspecified atom stereocenters. The molecule has 16 heavy (non-hydrogen) atoms. The Morgan fingerprint density at radius 3 is 2.69 bits per heavy atom. The quantitative estimate of drug-likeness (QED) is 0.178. The summed E-state index contributed by atoms with van der Waals surface area (Å²) in [7, 11) is 0. The van der Waals surface area contributed by atoms with Crippen LogP contribution in [0.15, 0.2) is 34.3 Å². The van der Waals surface area contributed by atoms with Crippen LogP contribution in [0, 0.1) is 0 Å². The Hall–Kier alpha value is -1.36. The monoisotopic (exact) mass is 239 g/mol. The van der Waals surface area contributed by atoms with Gasteiger partial charge in [-0.15, -0.1) is 11.8 Å². The molecule has 0 radical (unpaired) electrons. The standard InChI is InChI=1S/C11H17N3OS/c1-16-10-6-4-9(5-7-10)13-8-2-3-11(12)14-15/h4-7,13,15H,2-3,8H2,1H3,(H2,12,14). The molecule has 4 N–H and O–H groups in total. The third kappa shape index (κ3) is 4.44. The van der Waals surface area contributed by atoms with Gasteiger partial charge in [0.25, 0.3) is 0 Å². The average molecular weight is 239 g/mol. The Kier molecular flexibility index (Phi) is 5.56. The molecule has 0 amide bonds. The number of nitrogens with zero attached hydrogens (tertiary/aromatic N) is 1. The van der Waals surface area contributed by atoms with E-state index in [1.54, 1.807) is 11.8 Å². The van der Waals surface area contributed by atoms with Crippen molar-refractivity contribution in [1.82, 2.24) is 0 Å². The molecule has 88 valence electrons. The van der Waals surface area contributed by atoms with Crippen LogP contribution in [0.5, 0.6) is 0 Å². The van der Waals surface area contributed by atoms with Gasteiger partial charge in [0.05, 0.1) is 0 Å². The first-order valence-corrected chi connectivity index (χ1v) is 6.33. The van der Waals surface area contributed by atoms with E-state index in [0.29, 0.717) is 6.42 Å². The van der Waals surface area contributed by atoms with Crippen molar-refractivity contribution in [2.75, 3.05) is 18.1 Å². The molecule has 0 saturated heterocycles. The molecule has 0 atom stereocenters. The number of nitrogens with two attached hydrogens (primary N) is 1. The van der Waals surface area contributed by atoms with Gasteiger partial charge in [-0.3, -0.25) is 0 Å². The van der Waals surface area contributed by atoms with Crippen LogP contribution in [-0.2, 0) is 0 Å². The van der Waals surface area contributed by atoms with E-state index in [9.17, 15) is 0 Å². The predicted octanol–water partition coefficient (Wildman–Crippen LogP) is 2.35. The molecule has 1 aromatic rings. The Morgan fingerprint density at radius 2 is 2.12 bits per heavy atom. The van der Waals surface area contributed by atoms with Crippen LogP contribution in [0.2, 0.25) is 0 Å². The number of rotatable bonds is 6. The second-order valence-corrected chi connectivity index (χ2v) is 4.23. The number of nitrogens with one attached hydrogen (secondary N) is 1. The van der Waals surface area contributed by atoms with Crippen LogP contribution in [0.3, 0.4) is 0 Å². The maximum atomic E-state index is 8.35. The summed E-state index contributed by atoms with van der Waals surface area (Å²) in [6, 6.07) is 8.26. The van der Waals surface area contributed by atoms with Crippen molar-refractivity contribution < 1.29 is 5.21 Å². The van der Waals surface area contributed by atoms with Gasteiger partial charge in [0, 0.05) is 23.5 Å². The van der Waals surface area contributed by atoms with Crippen LogP contribution < -0.4 is 11.1 Å². The summed E-state index contributed by atoms with van der Waals surface area (Å²) in [6.45, 7) is 0.814. The zero-order chi connectivity index (χ0) is 11.8. The first kappa shape index (κ1) is 12.7. The summed E-state index contributed by atoms with van der Waals surface area (Å²) >= 11 is 1.72. The van der Waals surface area contributed by atoms with Crippen molar-refractivity contribution in [2.24, 2.45) is 10.9 Å². The summed E-state index contributed by atoms with van der Waals surface area (Å²) in [6.07, 6.45) is 3.51. The van der Waals surface area contributed by atoms with Crippen LogP contribution in [0.25, 0.3) is 0 Å². The summed E-state index contributed by atoms with van der Waals surface area (Å²) in [5, 5.41) is 14.5. The van der Waals surface area contributed by atoms with E-state index in [1.165, 1.54) is 4.90 Å². The maximum Gasteiger partial charge on any atom is 0.139 e. The molecule has 0 spiro atoms. The number of benzene rings is 1. The lowest BCUT2D eigenvalue weighted by Crippen LogP contribution is -2.13. The highest BCUT2D eigenvalue weighted by molar-refractivity contribution is 7.98. The van der Waals surface area contributed by atoms with E-state index in [4.69, 9.17) is 10.9 Å². The maximum absolute atomic E-state index is 8.35. The lowest BCUT2D eigenvalue weighted by Gasteiger charge is -2.06. The summed E-state index contributed by atoms with van der Waals surface area (Å²) in [5.41, 5.74) is 6.45. The van der Waals surface area contributed by atoms with E-state index >= 15 is 0 Å². The Morgan fingerprint density at radius 1 is 1.44 bits per heavy atom. The molecule has 4 nitrogen and oxygen atoms in total. The normalized spacial score (nSPS) is 11.4. The van der Waals surface area contributed by atoms with Crippen LogP contribution in [0.4, 0.5) is 5.69 Å². The molecule has 0 aromatic heterocycles. The van der Waals surface area contributed by atoms with Gasteiger partial charge in [-0.05, 0) is 36.9 Å². The molecular formula is C11H17N3OS. The first-order valence-electron chi connectivity index (χ1n) is 5.10. The van der Waals surface area contributed by atoms with Gasteiger partial charge >= 0.3 is 0 Å². The fraction of sp³-hybridized carbons (Fsp3) is 0.364. The summed E-state index contributed by atoms with van der Waals surface area (Å²) < 4.78 is 0. The fourth-order valence-corrected chi connectivity index (χ4v) is 1.67. The number of thioether (sulfide) groups is 1. The highest BCUT2D eigenvalue weighted by Crippen LogP contribution is 2.17. The smallest absolute Gasteiger partial charge is 0.139 e. The fourth-order valence-electron chi connectivity index (χ4n) is 1.26.